The lowest BCUT2D eigenvalue weighted by atomic mass is 10.1. The number of benzene rings is 2. The van der Waals surface area contributed by atoms with Gasteiger partial charge in [-0.1, -0.05) is 55.8 Å². The van der Waals surface area contributed by atoms with Crippen molar-refractivity contribution >= 4 is 29.5 Å². The van der Waals surface area contributed by atoms with Gasteiger partial charge in [-0.2, -0.15) is 0 Å². The molecule has 2 rings (SSSR count). The van der Waals surface area contributed by atoms with Crippen LogP contribution in [-0.2, 0) is 25.5 Å². The topological polar surface area (TPSA) is 84.5 Å². The summed E-state index contributed by atoms with van der Waals surface area (Å²) in [4.78, 5) is 35.8. The van der Waals surface area contributed by atoms with Crippen LogP contribution < -0.4 is 10.6 Å². The highest BCUT2D eigenvalue weighted by atomic mass is 16.5. The van der Waals surface area contributed by atoms with Gasteiger partial charge in [0.05, 0.1) is 0 Å². The van der Waals surface area contributed by atoms with Gasteiger partial charge < -0.3 is 15.4 Å². The summed E-state index contributed by atoms with van der Waals surface area (Å²) in [6.45, 7) is 2.98. The number of esters is 1. The summed E-state index contributed by atoms with van der Waals surface area (Å²) in [5.41, 5.74) is 2.54. The van der Waals surface area contributed by atoms with Crippen LogP contribution in [0.4, 0.5) is 5.69 Å². The summed E-state index contributed by atoms with van der Waals surface area (Å²) in [7, 11) is 0. The molecule has 6 nitrogen and oxygen atoms in total. The van der Waals surface area contributed by atoms with Crippen LogP contribution in [0.25, 0.3) is 6.08 Å². The third kappa shape index (κ3) is 8.01. The second-order valence-electron chi connectivity index (χ2n) is 6.57. The number of aryl methyl sites for hydroxylation is 1. The molecule has 0 aliphatic rings. The number of ether oxygens (including phenoxy) is 1. The Balaban J connectivity index is 1.92. The summed E-state index contributed by atoms with van der Waals surface area (Å²) in [5.74, 6) is -1.65. The van der Waals surface area contributed by atoms with E-state index in [1.165, 1.54) is 18.6 Å². The molecule has 6 heteroatoms. The van der Waals surface area contributed by atoms with Crippen molar-refractivity contribution in [2.75, 3.05) is 11.9 Å². The van der Waals surface area contributed by atoms with Crippen molar-refractivity contribution in [2.45, 2.75) is 33.1 Å². The Bertz CT molecular complexity index is 858. The number of hydrogen-bond donors (Lipinski definition) is 2. The molecule has 2 aromatic carbocycles. The molecule has 0 atom stereocenters. The fourth-order valence-corrected chi connectivity index (χ4v) is 2.59. The molecule has 0 aliphatic heterocycles. The SMILES string of the molecule is CCCCc1ccc(NC(=O)COC(=O)/C(=C/c2ccccc2)NC(C)=O)cc1. The molecular weight excluding hydrogens is 368 g/mol. The smallest absolute Gasteiger partial charge is 0.355 e. The zero-order valence-electron chi connectivity index (χ0n) is 16.7. The molecule has 0 saturated heterocycles. The molecule has 0 saturated carbocycles. The molecule has 2 N–H and O–H groups in total. The average Bonchev–Trinajstić information content (AvgIpc) is 2.71. The van der Waals surface area contributed by atoms with Gasteiger partial charge in [-0.3, -0.25) is 9.59 Å². The van der Waals surface area contributed by atoms with Crippen molar-refractivity contribution < 1.29 is 19.1 Å². The zero-order chi connectivity index (χ0) is 21.1. The van der Waals surface area contributed by atoms with E-state index in [-0.39, 0.29) is 5.70 Å². The number of anilines is 1. The summed E-state index contributed by atoms with van der Waals surface area (Å²) >= 11 is 0. The number of hydrogen-bond acceptors (Lipinski definition) is 4. The van der Waals surface area contributed by atoms with E-state index in [0.29, 0.717) is 5.69 Å². The normalized spacial score (nSPS) is 10.9. The third-order valence-electron chi connectivity index (χ3n) is 4.03. The molecular formula is C23H26N2O4. The first-order valence-corrected chi connectivity index (χ1v) is 9.58. The maximum Gasteiger partial charge on any atom is 0.355 e. The van der Waals surface area contributed by atoms with Crippen LogP contribution in [0.3, 0.4) is 0 Å². The summed E-state index contributed by atoms with van der Waals surface area (Å²) in [5, 5.41) is 5.13. The highest BCUT2D eigenvalue weighted by molar-refractivity contribution is 5.99. The number of nitrogens with one attached hydrogen (secondary N) is 2. The minimum absolute atomic E-state index is 0.0308. The van der Waals surface area contributed by atoms with Crippen molar-refractivity contribution in [3.63, 3.8) is 0 Å². The summed E-state index contributed by atoms with van der Waals surface area (Å²) in [6.07, 6.45) is 4.75. The van der Waals surface area contributed by atoms with Crippen molar-refractivity contribution in [3.8, 4) is 0 Å². The molecule has 0 radical (unpaired) electrons. The van der Waals surface area contributed by atoms with Gasteiger partial charge in [-0.15, -0.1) is 0 Å². The Morgan fingerprint density at radius 2 is 1.69 bits per heavy atom. The first-order chi connectivity index (χ1) is 14.0. The number of carbonyl (C=O) groups is 3. The van der Waals surface area contributed by atoms with Crippen LogP contribution >= 0.6 is 0 Å². The second-order valence-corrected chi connectivity index (χ2v) is 6.57. The van der Waals surface area contributed by atoms with Crippen molar-refractivity contribution in [2.24, 2.45) is 0 Å². The van der Waals surface area contributed by atoms with Crippen LogP contribution in [0.15, 0.2) is 60.3 Å². The summed E-state index contributed by atoms with van der Waals surface area (Å²) in [6, 6.07) is 16.6. The lowest BCUT2D eigenvalue weighted by Crippen LogP contribution is -2.28. The van der Waals surface area contributed by atoms with E-state index in [1.807, 2.05) is 42.5 Å². The number of unbranched alkanes of at least 4 members (excludes halogenated alkanes) is 1. The van der Waals surface area contributed by atoms with Gasteiger partial charge in [0.1, 0.15) is 5.70 Å². The zero-order valence-corrected chi connectivity index (χ0v) is 16.7. The second kappa shape index (κ2) is 11.4. The first kappa shape index (κ1) is 21.9. The molecule has 29 heavy (non-hydrogen) atoms. The maximum atomic E-state index is 12.3. The van der Waals surface area contributed by atoms with Gasteiger partial charge in [0.25, 0.3) is 5.91 Å². The predicted molar refractivity (Wildman–Crippen MR) is 113 cm³/mol. The van der Waals surface area contributed by atoms with E-state index in [1.54, 1.807) is 12.1 Å². The molecule has 0 aliphatic carbocycles. The molecule has 152 valence electrons. The Morgan fingerprint density at radius 3 is 2.31 bits per heavy atom. The fourth-order valence-electron chi connectivity index (χ4n) is 2.59. The molecule has 2 amide bonds. The van der Waals surface area contributed by atoms with Gasteiger partial charge in [0, 0.05) is 12.6 Å². The van der Waals surface area contributed by atoms with Crippen molar-refractivity contribution in [3.05, 3.63) is 71.4 Å². The fraction of sp³-hybridized carbons (Fsp3) is 0.261. The van der Waals surface area contributed by atoms with Crippen molar-refractivity contribution in [1.29, 1.82) is 0 Å². The van der Waals surface area contributed by atoms with Crippen LogP contribution in [0, 0.1) is 0 Å². The Labute approximate surface area is 171 Å². The third-order valence-corrected chi connectivity index (χ3v) is 4.03. The van der Waals surface area contributed by atoms with E-state index in [4.69, 9.17) is 4.74 Å². The van der Waals surface area contributed by atoms with Gasteiger partial charge in [0.15, 0.2) is 6.61 Å². The standard InChI is InChI=1S/C23H26N2O4/c1-3-4-8-18-11-13-20(14-12-18)25-22(27)16-29-23(28)21(24-17(2)26)15-19-9-6-5-7-10-19/h5-7,9-15H,3-4,8,16H2,1-2H3,(H,24,26)(H,25,27)/b21-15-. The van der Waals surface area contributed by atoms with E-state index < -0.39 is 24.4 Å². The molecule has 0 aromatic heterocycles. The maximum absolute atomic E-state index is 12.3. The monoisotopic (exact) mass is 394 g/mol. The molecule has 0 heterocycles. The van der Waals surface area contributed by atoms with Gasteiger partial charge in [-0.05, 0) is 42.2 Å². The van der Waals surface area contributed by atoms with Gasteiger partial charge in [0.2, 0.25) is 5.91 Å². The predicted octanol–water partition coefficient (Wildman–Crippen LogP) is 3.69. The molecule has 0 spiro atoms. The largest absolute Gasteiger partial charge is 0.451 e. The number of amides is 2. The van der Waals surface area contributed by atoms with Crippen LogP contribution in [-0.4, -0.2) is 24.4 Å². The van der Waals surface area contributed by atoms with Crippen LogP contribution in [0.5, 0.6) is 0 Å². The highest BCUT2D eigenvalue weighted by Crippen LogP contribution is 2.12. The quantitative estimate of drug-likeness (QED) is 0.502. The van der Waals surface area contributed by atoms with Crippen molar-refractivity contribution in [1.82, 2.24) is 5.32 Å². The van der Waals surface area contributed by atoms with Gasteiger partial charge >= 0.3 is 5.97 Å². The Hall–Kier alpha value is -3.41. The molecule has 0 fully saturated rings. The Morgan fingerprint density at radius 1 is 1.00 bits per heavy atom. The minimum Gasteiger partial charge on any atom is -0.451 e. The van der Waals surface area contributed by atoms with E-state index >= 15 is 0 Å². The molecule has 0 unspecified atom stereocenters. The van der Waals surface area contributed by atoms with E-state index in [0.717, 1.165) is 24.8 Å². The highest BCUT2D eigenvalue weighted by Gasteiger charge is 2.15. The average molecular weight is 394 g/mol. The van der Waals surface area contributed by atoms with E-state index in [2.05, 4.69) is 17.6 Å². The number of carbonyl (C=O) groups excluding carboxylic acids is 3. The molecule has 0 bridgehead atoms. The van der Waals surface area contributed by atoms with Crippen LogP contribution in [0.2, 0.25) is 0 Å². The first-order valence-electron chi connectivity index (χ1n) is 9.58. The van der Waals surface area contributed by atoms with Crippen LogP contribution in [0.1, 0.15) is 37.8 Å². The molecule has 2 aromatic rings. The minimum atomic E-state index is -0.783. The number of rotatable bonds is 9. The summed E-state index contributed by atoms with van der Waals surface area (Å²) < 4.78 is 5.05. The lowest BCUT2D eigenvalue weighted by Gasteiger charge is -2.10. The lowest BCUT2D eigenvalue weighted by molar-refractivity contribution is -0.144. The van der Waals surface area contributed by atoms with E-state index in [9.17, 15) is 14.4 Å². The van der Waals surface area contributed by atoms with Gasteiger partial charge in [-0.25, -0.2) is 4.79 Å². The Kier molecular flexibility index (Phi) is 8.63.